The van der Waals surface area contributed by atoms with Gasteiger partial charge < -0.3 is 4.74 Å². The van der Waals surface area contributed by atoms with E-state index in [9.17, 15) is 8.42 Å². The summed E-state index contributed by atoms with van der Waals surface area (Å²) >= 11 is 0. The van der Waals surface area contributed by atoms with Crippen molar-refractivity contribution in [3.8, 4) is 17.0 Å². The predicted molar refractivity (Wildman–Crippen MR) is 90.5 cm³/mol. The quantitative estimate of drug-likeness (QED) is 0.687. The minimum absolute atomic E-state index is 0.280. The molecular formula is C17H17N3O3S. The van der Waals surface area contributed by atoms with Crippen molar-refractivity contribution < 1.29 is 13.2 Å². The van der Waals surface area contributed by atoms with Crippen molar-refractivity contribution in [1.29, 1.82) is 0 Å². The van der Waals surface area contributed by atoms with E-state index in [0.717, 1.165) is 11.3 Å². The maximum atomic E-state index is 11.4. The molecule has 0 radical (unpaired) electrons. The van der Waals surface area contributed by atoms with Crippen molar-refractivity contribution in [2.45, 2.75) is 11.4 Å². The summed E-state index contributed by atoms with van der Waals surface area (Å²) in [6.45, 7) is 1.01. The molecule has 0 fully saturated rings. The summed E-state index contributed by atoms with van der Waals surface area (Å²) in [6.07, 6.45) is 6.41. The molecule has 7 heteroatoms. The Morgan fingerprint density at radius 1 is 1.00 bits per heavy atom. The van der Waals surface area contributed by atoms with Crippen LogP contribution in [0, 0.1) is 0 Å². The summed E-state index contributed by atoms with van der Waals surface area (Å²) in [6, 6.07) is 12.2. The third-order valence-corrected chi connectivity index (χ3v) is 4.64. The molecule has 6 nitrogen and oxygen atoms in total. The van der Waals surface area contributed by atoms with Gasteiger partial charge in [-0.3, -0.25) is 9.67 Å². The second-order valence-electron chi connectivity index (χ2n) is 5.27. The smallest absolute Gasteiger partial charge is 0.175 e. The molecule has 0 aliphatic carbocycles. The average Bonchev–Trinajstić information content (AvgIpc) is 3.04. The van der Waals surface area contributed by atoms with E-state index in [-0.39, 0.29) is 4.90 Å². The van der Waals surface area contributed by atoms with Gasteiger partial charge in [0.2, 0.25) is 0 Å². The highest BCUT2D eigenvalue weighted by Crippen LogP contribution is 2.18. The Morgan fingerprint density at radius 2 is 1.71 bits per heavy atom. The van der Waals surface area contributed by atoms with Crippen molar-refractivity contribution in [3.63, 3.8) is 0 Å². The SMILES string of the molecule is CS(=O)(=O)c1ccc(OCCn2nccc2-c2ccncc2)cc1. The van der Waals surface area contributed by atoms with Crippen LogP contribution in [0.3, 0.4) is 0 Å². The molecule has 2 aromatic heterocycles. The number of sulfone groups is 1. The lowest BCUT2D eigenvalue weighted by Crippen LogP contribution is -2.10. The molecule has 0 saturated carbocycles. The Kier molecular flexibility index (Phi) is 4.61. The number of nitrogens with zero attached hydrogens (tertiary/aromatic N) is 3. The Morgan fingerprint density at radius 3 is 2.38 bits per heavy atom. The molecule has 0 saturated heterocycles. The number of rotatable bonds is 6. The molecule has 2 heterocycles. The zero-order valence-electron chi connectivity index (χ0n) is 13.2. The van der Waals surface area contributed by atoms with Crippen molar-refractivity contribution in [2.75, 3.05) is 12.9 Å². The topological polar surface area (TPSA) is 74.1 Å². The third kappa shape index (κ3) is 3.80. The fourth-order valence-corrected chi connectivity index (χ4v) is 2.94. The van der Waals surface area contributed by atoms with Gasteiger partial charge in [-0.25, -0.2) is 8.42 Å². The molecule has 0 aliphatic rings. The predicted octanol–water partition coefficient (Wildman–Crippen LogP) is 2.43. The average molecular weight is 343 g/mol. The normalized spacial score (nSPS) is 11.4. The molecule has 0 atom stereocenters. The number of aromatic nitrogens is 3. The number of hydrogen-bond donors (Lipinski definition) is 0. The van der Waals surface area contributed by atoms with E-state index in [2.05, 4.69) is 10.1 Å². The van der Waals surface area contributed by atoms with Crippen LogP contribution in [0.15, 0.2) is 66.0 Å². The molecule has 0 unspecified atom stereocenters. The fourth-order valence-electron chi connectivity index (χ4n) is 2.31. The van der Waals surface area contributed by atoms with Crippen LogP contribution < -0.4 is 4.74 Å². The first-order valence-electron chi connectivity index (χ1n) is 7.39. The van der Waals surface area contributed by atoms with Gasteiger partial charge in [-0.05, 0) is 42.5 Å². The molecule has 0 aliphatic heterocycles. The van der Waals surface area contributed by atoms with Gasteiger partial charge in [0.15, 0.2) is 9.84 Å². The van der Waals surface area contributed by atoms with Crippen LogP contribution in [0.1, 0.15) is 0 Å². The van der Waals surface area contributed by atoms with Gasteiger partial charge in [0.05, 0.1) is 17.1 Å². The van der Waals surface area contributed by atoms with E-state index in [1.807, 2.05) is 22.9 Å². The van der Waals surface area contributed by atoms with E-state index < -0.39 is 9.84 Å². The van der Waals surface area contributed by atoms with E-state index in [0.29, 0.717) is 18.9 Å². The molecule has 1 aromatic carbocycles. The molecule has 0 spiro atoms. The standard InChI is InChI=1S/C17H17N3O3S/c1-24(21,22)16-4-2-15(3-5-16)23-13-12-20-17(8-11-19-20)14-6-9-18-10-7-14/h2-11H,12-13H2,1H3. The highest BCUT2D eigenvalue weighted by Gasteiger charge is 2.07. The van der Waals surface area contributed by atoms with Crippen molar-refractivity contribution >= 4 is 9.84 Å². The lowest BCUT2D eigenvalue weighted by molar-refractivity contribution is 0.292. The third-order valence-electron chi connectivity index (χ3n) is 3.52. The van der Waals surface area contributed by atoms with E-state index in [4.69, 9.17) is 4.74 Å². The number of pyridine rings is 1. The second kappa shape index (κ2) is 6.84. The number of hydrogen-bond acceptors (Lipinski definition) is 5. The minimum Gasteiger partial charge on any atom is -0.492 e. The molecule has 24 heavy (non-hydrogen) atoms. The van der Waals surface area contributed by atoms with Gasteiger partial charge in [-0.1, -0.05) is 0 Å². The van der Waals surface area contributed by atoms with E-state index in [1.54, 1.807) is 42.9 Å². The van der Waals surface area contributed by atoms with E-state index >= 15 is 0 Å². The van der Waals surface area contributed by atoms with Crippen LogP contribution in [-0.4, -0.2) is 36.0 Å². The Hall–Kier alpha value is -2.67. The maximum absolute atomic E-state index is 11.4. The van der Waals surface area contributed by atoms with Crippen LogP contribution in [0.25, 0.3) is 11.3 Å². The molecule has 3 rings (SSSR count). The Balaban J connectivity index is 1.63. The highest BCUT2D eigenvalue weighted by molar-refractivity contribution is 7.90. The maximum Gasteiger partial charge on any atom is 0.175 e. The number of ether oxygens (including phenoxy) is 1. The zero-order valence-corrected chi connectivity index (χ0v) is 14.0. The van der Waals surface area contributed by atoms with Crippen LogP contribution in [-0.2, 0) is 16.4 Å². The molecule has 3 aromatic rings. The highest BCUT2D eigenvalue weighted by atomic mass is 32.2. The first-order valence-corrected chi connectivity index (χ1v) is 9.28. The molecule has 0 bridgehead atoms. The molecule has 0 amide bonds. The lowest BCUT2D eigenvalue weighted by Gasteiger charge is -2.10. The first-order chi connectivity index (χ1) is 11.5. The first kappa shape index (κ1) is 16.2. The zero-order chi connectivity index (χ0) is 17.0. The van der Waals surface area contributed by atoms with Crippen LogP contribution >= 0.6 is 0 Å². The number of benzene rings is 1. The van der Waals surface area contributed by atoms with Gasteiger partial charge in [0.1, 0.15) is 12.4 Å². The van der Waals surface area contributed by atoms with Gasteiger partial charge in [-0.15, -0.1) is 0 Å². The minimum atomic E-state index is -3.19. The van der Waals surface area contributed by atoms with Gasteiger partial charge in [-0.2, -0.15) is 5.10 Å². The Labute approximate surface area is 140 Å². The molecule has 124 valence electrons. The molecular weight excluding hydrogens is 326 g/mol. The summed E-state index contributed by atoms with van der Waals surface area (Å²) in [5.41, 5.74) is 2.04. The second-order valence-corrected chi connectivity index (χ2v) is 7.28. The van der Waals surface area contributed by atoms with Gasteiger partial charge in [0.25, 0.3) is 0 Å². The lowest BCUT2D eigenvalue weighted by atomic mass is 10.2. The summed E-state index contributed by atoms with van der Waals surface area (Å²) in [5, 5.41) is 4.31. The molecule has 0 N–H and O–H groups in total. The van der Waals surface area contributed by atoms with Crippen molar-refractivity contribution in [2.24, 2.45) is 0 Å². The van der Waals surface area contributed by atoms with E-state index in [1.165, 1.54) is 6.26 Å². The van der Waals surface area contributed by atoms with Gasteiger partial charge >= 0.3 is 0 Å². The van der Waals surface area contributed by atoms with Crippen LogP contribution in [0.4, 0.5) is 0 Å². The fraction of sp³-hybridized carbons (Fsp3) is 0.176. The summed E-state index contributed by atoms with van der Waals surface area (Å²) in [5.74, 6) is 0.625. The van der Waals surface area contributed by atoms with Gasteiger partial charge in [0, 0.05) is 30.4 Å². The summed E-state index contributed by atoms with van der Waals surface area (Å²) < 4.78 is 30.4. The largest absolute Gasteiger partial charge is 0.492 e. The summed E-state index contributed by atoms with van der Waals surface area (Å²) in [4.78, 5) is 4.29. The summed E-state index contributed by atoms with van der Waals surface area (Å²) in [7, 11) is -3.19. The van der Waals surface area contributed by atoms with Crippen LogP contribution in [0.5, 0.6) is 5.75 Å². The Bertz CT molecular complexity index is 904. The van der Waals surface area contributed by atoms with Crippen molar-refractivity contribution in [3.05, 3.63) is 61.1 Å². The van der Waals surface area contributed by atoms with Crippen molar-refractivity contribution in [1.82, 2.24) is 14.8 Å². The van der Waals surface area contributed by atoms with Crippen LogP contribution in [0.2, 0.25) is 0 Å². The monoisotopic (exact) mass is 343 g/mol.